The van der Waals surface area contributed by atoms with Gasteiger partial charge in [-0.05, 0) is 12.1 Å². The summed E-state index contributed by atoms with van der Waals surface area (Å²) in [5.41, 5.74) is 6.13. The first-order chi connectivity index (χ1) is 9.16. The van der Waals surface area contributed by atoms with Gasteiger partial charge in [-0.3, -0.25) is 4.68 Å². The summed E-state index contributed by atoms with van der Waals surface area (Å²) in [6.45, 7) is 0.762. The van der Waals surface area contributed by atoms with E-state index >= 15 is 0 Å². The Morgan fingerprint density at radius 3 is 2.79 bits per heavy atom. The molecule has 0 amide bonds. The van der Waals surface area contributed by atoms with E-state index in [0.717, 1.165) is 6.07 Å². The van der Waals surface area contributed by atoms with Crippen LogP contribution in [-0.4, -0.2) is 24.5 Å². The maximum absolute atomic E-state index is 13.8. The number of nitrogens with zero attached hydrogens (tertiary/aromatic N) is 5. The molecule has 19 heavy (non-hydrogen) atoms. The maximum Gasteiger partial charge on any atom is 0.201 e. The van der Waals surface area contributed by atoms with Crippen molar-refractivity contribution in [3.63, 3.8) is 0 Å². The third kappa shape index (κ3) is 1.90. The molecule has 1 aromatic carbocycles. The number of halogens is 2. The lowest BCUT2D eigenvalue weighted by molar-refractivity contribution is 0.500. The molecule has 0 fully saturated rings. The number of rotatable bonds is 3. The van der Waals surface area contributed by atoms with Gasteiger partial charge in [-0.15, -0.1) is 5.10 Å². The third-order valence-electron chi connectivity index (χ3n) is 2.85. The largest absolute Gasteiger partial charge is 0.369 e. The molecule has 2 N–H and O–H groups in total. The van der Waals surface area contributed by atoms with Crippen LogP contribution in [0.1, 0.15) is 0 Å². The molecule has 0 unspecified atom stereocenters. The van der Waals surface area contributed by atoms with Crippen molar-refractivity contribution in [1.29, 1.82) is 0 Å². The minimum absolute atomic E-state index is 0.0672. The summed E-state index contributed by atoms with van der Waals surface area (Å²) in [4.78, 5) is 4.00. The Bertz CT molecular complexity index is 718. The SMILES string of the molecule is Nc1nc2ccc(F)c(F)c2n1CCn1ccnn1. The van der Waals surface area contributed by atoms with E-state index in [1.807, 2.05) is 0 Å². The molecule has 0 aliphatic carbocycles. The van der Waals surface area contributed by atoms with Crippen LogP contribution in [-0.2, 0) is 13.1 Å². The standard InChI is InChI=1S/C11H10F2N6/c12-7-1-2-8-10(9(7)13)19(11(14)16-8)6-5-18-4-3-15-17-18/h1-4H,5-6H2,(H2,14,16). The lowest BCUT2D eigenvalue weighted by Crippen LogP contribution is -2.11. The average Bonchev–Trinajstić information content (AvgIpc) is 2.99. The molecule has 3 aromatic rings. The van der Waals surface area contributed by atoms with Gasteiger partial charge in [0.2, 0.25) is 5.95 Å². The molecule has 2 aromatic heterocycles. The van der Waals surface area contributed by atoms with Crippen molar-refractivity contribution in [3.05, 3.63) is 36.2 Å². The molecule has 98 valence electrons. The number of nitrogen functional groups attached to an aromatic ring is 1. The van der Waals surface area contributed by atoms with Gasteiger partial charge in [-0.2, -0.15) is 0 Å². The van der Waals surface area contributed by atoms with Crippen LogP contribution in [0.5, 0.6) is 0 Å². The number of imidazole rings is 1. The number of benzene rings is 1. The summed E-state index contributed by atoms with van der Waals surface area (Å²) >= 11 is 0. The van der Waals surface area contributed by atoms with Crippen LogP contribution in [0.4, 0.5) is 14.7 Å². The van der Waals surface area contributed by atoms with Gasteiger partial charge in [-0.1, -0.05) is 5.21 Å². The predicted octanol–water partition coefficient (Wildman–Crippen LogP) is 1.19. The monoisotopic (exact) mass is 264 g/mol. The predicted molar refractivity (Wildman–Crippen MR) is 64.1 cm³/mol. The highest BCUT2D eigenvalue weighted by atomic mass is 19.2. The fourth-order valence-corrected chi connectivity index (χ4v) is 1.96. The number of anilines is 1. The van der Waals surface area contributed by atoms with Gasteiger partial charge in [0, 0.05) is 12.7 Å². The van der Waals surface area contributed by atoms with E-state index in [1.165, 1.54) is 16.8 Å². The molecular formula is C11H10F2N6. The number of fused-ring (bicyclic) bond motifs is 1. The van der Waals surface area contributed by atoms with Crippen molar-refractivity contribution >= 4 is 17.0 Å². The van der Waals surface area contributed by atoms with Crippen LogP contribution >= 0.6 is 0 Å². The molecule has 0 radical (unpaired) electrons. The highest BCUT2D eigenvalue weighted by molar-refractivity contribution is 5.79. The van der Waals surface area contributed by atoms with E-state index in [4.69, 9.17) is 5.73 Å². The van der Waals surface area contributed by atoms with Gasteiger partial charge in [0.25, 0.3) is 0 Å². The molecule has 0 saturated heterocycles. The normalized spacial score (nSPS) is 11.3. The summed E-state index contributed by atoms with van der Waals surface area (Å²) < 4.78 is 30.1. The Kier molecular flexibility index (Phi) is 2.62. The second-order valence-electron chi connectivity index (χ2n) is 4.02. The van der Waals surface area contributed by atoms with Gasteiger partial charge >= 0.3 is 0 Å². The Balaban J connectivity index is 2.02. The van der Waals surface area contributed by atoms with Crippen molar-refractivity contribution in [3.8, 4) is 0 Å². The fourth-order valence-electron chi connectivity index (χ4n) is 1.96. The van der Waals surface area contributed by atoms with Crippen molar-refractivity contribution < 1.29 is 8.78 Å². The Morgan fingerprint density at radius 2 is 2.05 bits per heavy atom. The molecular weight excluding hydrogens is 254 g/mol. The zero-order chi connectivity index (χ0) is 13.4. The summed E-state index contributed by atoms with van der Waals surface area (Å²) in [7, 11) is 0. The summed E-state index contributed by atoms with van der Waals surface area (Å²) in [6, 6.07) is 2.43. The van der Waals surface area contributed by atoms with E-state index < -0.39 is 11.6 Å². The maximum atomic E-state index is 13.8. The second kappa shape index (κ2) is 4.30. The Morgan fingerprint density at radius 1 is 1.21 bits per heavy atom. The summed E-state index contributed by atoms with van der Waals surface area (Å²) in [5.74, 6) is -1.73. The molecule has 6 nitrogen and oxygen atoms in total. The number of aryl methyl sites for hydroxylation is 2. The molecule has 0 bridgehead atoms. The molecule has 0 saturated carbocycles. The van der Waals surface area contributed by atoms with Crippen LogP contribution in [0.25, 0.3) is 11.0 Å². The first-order valence-electron chi connectivity index (χ1n) is 5.60. The topological polar surface area (TPSA) is 74.5 Å². The first-order valence-corrected chi connectivity index (χ1v) is 5.60. The van der Waals surface area contributed by atoms with E-state index in [1.54, 1.807) is 10.9 Å². The molecule has 3 rings (SSSR count). The van der Waals surface area contributed by atoms with E-state index in [9.17, 15) is 8.78 Å². The molecule has 8 heteroatoms. The summed E-state index contributed by atoms with van der Waals surface area (Å²) in [5, 5.41) is 7.45. The van der Waals surface area contributed by atoms with Gasteiger partial charge in [-0.25, -0.2) is 13.8 Å². The van der Waals surface area contributed by atoms with E-state index in [2.05, 4.69) is 15.3 Å². The number of nitrogens with two attached hydrogens (primary N) is 1. The number of hydrogen-bond donors (Lipinski definition) is 1. The number of hydrogen-bond acceptors (Lipinski definition) is 4. The summed E-state index contributed by atoms with van der Waals surface area (Å²) in [6.07, 6.45) is 3.21. The van der Waals surface area contributed by atoms with Gasteiger partial charge in [0.15, 0.2) is 11.6 Å². The smallest absolute Gasteiger partial charge is 0.201 e. The van der Waals surface area contributed by atoms with Gasteiger partial charge in [0.1, 0.15) is 5.52 Å². The third-order valence-corrected chi connectivity index (χ3v) is 2.85. The van der Waals surface area contributed by atoms with E-state index in [-0.39, 0.29) is 11.5 Å². The minimum atomic E-state index is -0.944. The van der Waals surface area contributed by atoms with Crippen LogP contribution in [0.2, 0.25) is 0 Å². The quantitative estimate of drug-likeness (QED) is 0.771. The van der Waals surface area contributed by atoms with Crippen molar-refractivity contribution in [1.82, 2.24) is 24.5 Å². The van der Waals surface area contributed by atoms with Crippen LogP contribution < -0.4 is 5.73 Å². The van der Waals surface area contributed by atoms with E-state index in [0.29, 0.717) is 18.6 Å². The lowest BCUT2D eigenvalue weighted by atomic mass is 10.3. The molecule has 2 heterocycles. The van der Waals surface area contributed by atoms with Crippen LogP contribution in [0.15, 0.2) is 24.5 Å². The zero-order valence-corrected chi connectivity index (χ0v) is 9.79. The van der Waals surface area contributed by atoms with Gasteiger partial charge < -0.3 is 10.3 Å². The Hall–Kier alpha value is -2.51. The second-order valence-corrected chi connectivity index (χ2v) is 4.02. The van der Waals surface area contributed by atoms with Crippen molar-refractivity contribution in [2.24, 2.45) is 0 Å². The number of aromatic nitrogens is 5. The van der Waals surface area contributed by atoms with Crippen molar-refractivity contribution in [2.75, 3.05) is 5.73 Å². The molecule has 0 aliphatic rings. The lowest BCUT2D eigenvalue weighted by Gasteiger charge is -2.06. The molecule has 0 atom stereocenters. The van der Waals surface area contributed by atoms with Crippen LogP contribution in [0.3, 0.4) is 0 Å². The molecule has 0 spiro atoms. The minimum Gasteiger partial charge on any atom is -0.369 e. The fraction of sp³-hybridized carbons (Fsp3) is 0.182. The van der Waals surface area contributed by atoms with Gasteiger partial charge in [0.05, 0.1) is 18.3 Å². The average molecular weight is 264 g/mol. The molecule has 0 aliphatic heterocycles. The zero-order valence-electron chi connectivity index (χ0n) is 9.79. The highest BCUT2D eigenvalue weighted by Gasteiger charge is 2.15. The van der Waals surface area contributed by atoms with Crippen LogP contribution in [0, 0.1) is 11.6 Å². The highest BCUT2D eigenvalue weighted by Crippen LogP contribution is 2.22. The first kappa shape index (κ1) is 11.6. The Labute approximate surface area is 106 Å². The van der Waals surface area contributed by atoms with Crippen molar-refractivity contribution in [2.45, 2.75) is 13.1 Å².